The van der Waals surface area contributed by atoms with Crippen LogP contribution in [0, 0.1) is 5.92 Å². The Morgan fingerprint density at radius 2 is 1.55 bits per heavy atom. The molecule has 0 bridgehead atoms. The molecular formula is C32H47N3O3. The SMILES string of the molecule is CCC(C)/C1=C\c2ccc(OC)cc2/C=C(/C=O)CN(C)c2cc(OC)ccc21.CNCCCCCNC. The lowest BCUT2D eigenvalue weighted by molar-refractivity contribution is -0.104. The van der Waals surface area contributed by atoms with Crippen molar-refractivity contribution < 1.29 is 14.3 Å². The summed E-state index contributed by atoms with van der Waals surface area (Å²) in [5, 5.41) is 6.25. The van der Waals surface area contributed by atoms with Crippen molar-refractivity contribution in [3.8, 4) is 11.5 Å². The van der Waals surface area contributed by atoms with Gasteiger partial charge in [0.2, 0.25) is 0 Å². The molecule has 0 aromatic heterocycles. The number of hydrogen-bond acceptors (Lipinski definition) is 6. The molecule has 38 heavy (non-hydrogen) atoms. The smallest absolute Gasteiger partial charge is 0.147 e. The van der Waals surface area contributed by atoms with Gasteiger partial charge in [-0.2, -0.15) is 0 Å². The lowest BCUT2D eigenvalue weighted by Crippen LogP contribution is -2.22. The topological polar surface area (TPSA) is 62.8 Å². The first kappa shape index (κ1) is 31.1. The van der Waals surface area contributed by atoms with Gasteiger partial charge in [-0.15, -0.1) is 0 Å². The number of nitrogens with zero attached hydrogens (tertiary/aromatic N) is 1. The van der Waals surface area contributed by atoms with Gasteiger partial charge < -0.3 is 25.0 Å². The van der Waals surface area contributed by atoms with E-state index >= 15 is 0 Å². The number of benzene rings is 2. The molecule has 0 aliphatic carbocycles. The predicted molar refractivity (Wildman–Crippen MR) is 162 cm³/mol. The molecule has 2 N–H and O–H groups in total. The zero-order valence-electron chi connectivity index (χ0n) is 24.4. The van der Waals surface area contributed by atoms with E-state index in [9.17, 15) is 4.79 Å². The Kier molecular flexibility index (Phi) is 13.7. The zero-order chi connectivity index (χ0) is 27.9. The monoisotopic (exact) mass is 521 g/mol. The quantitative estimate of drug-likeness (QED) is 0.283. The third-order valence-electron chi connectivity index (χ3n) is 6.94. The highest BCUT2D eigenvalue weighted by Gasteiger charge is 2.19. The Morgan fingerprint density at radius 3 is 2.13 bits per heavy atom. The van der Waals surface area contributed by atoms with Crippen molar-refractivity contribution >= 4 is 29.7 Å². The molecule has 2 aromatic rings. The number of ether oxygens (including phenoxy) is 2. The Balaban J connectivity index is 0.000000484. The number of likely N-dealkylation sites (N-methyl/N-ethyl adjacent to an activating group) is 1. The van der Waals surface area contributed by atoms with E-state index in [4.69, 9.17) is 9.47 Å². The lowest BCUT2D eigenvalue weighted by Gasteiger charge is -2.27. The van der Waals surface area contributed by atoms with E-state index in [1.807, 2.05) is 51.5 Å². The molecule has 1 atom stereocenters. The second-order valence-corrected chi connectivity index (χ2v) is 9.75. The van der Waals surface area contributed by atoms with Gasteiger partial charge >= 0.3 is 0 Å². The first-order valence-electron chi connectivity index (χ1n) is 13.7. The minimum Gasteiger partial charge on any atom is -0.497 e. The summed E-state index contributed by atoms with van der Waals surface area (Å²) in [5.74, 6) is 1.96. The summed E-state index contributed by atoms with van der Waals surface area (Å²) in [4.78, 5) is 13.9. The van der Waals surface area contributed by atoms with Gasteiger partial charge in [-0.05, 0) is 99.4 Å². The van der Waals surface area contributed by atoms with E-state index in [0.717, 1.165) is 59.7 Å². The molecule has 0 saturated heterocycles. The molecule has 0 radical (unpaired) electrons. The molecule has 0 amide bonds. The van der Waals surface area contributed by atoms with Gasteiger partial charge in [-0.3, -0.25) is 4.79 Å². The van der Waals surface area contributed by atoms with Gasteiger partial charge in [0.15, 0.2) is 0 Å². The van der Waals surface area contributed by atoms with Crippen LogP contribution in [0.2, 0.25) is 0 Å². The predicted octanol–water partition coefficient (Wildman–Crippen LogP) is 5.92. The van der Waals surface area contributed by atoms with Crippen LogP contribution < -0.4 is 25.0 Å². The second kappa shape index (κ2) is 16.7. The number of aldehydes is 1. The summed E-state index contributed by atoms with van der Waals surface area (Å²) < 4.78 is 10.9. The van der Waals surface area contributed by atoms with Crippen molar-refractivity contribution in [2.75, 3.05) is 59.9 Å². The molecule has 6 heteroatoms. The summed E-state index contributed by atoms with van der Waals surface area (Å²) in [7, 11) is 9.34. The highest BCUT2D eigenvalue weighted by molar-refractivity contribution is 5.93. The minimum atomic E-state index is 0.374. The average Bonchev–Trinajstić information content (AvgIpc) is 2.95. The molecule has 6 nitrogen and oxygen atoms in total. The molecule has 1 aliphatic heterocycles. The Labute approximate surface area is 230 Å². The summed E-state index contributed by atoms with van der Waals surface area (Å²) in [6.07, 6.45) is 10.1. The van der Waals surface area contributed by atoms with Gasteiger partial charge in [-0.1, -0.05) is 32.4 Å². The minimum absolute atomic E-state index is 0.374. The van der Waals surface area contributed by atoms with Gasteiger partial charge in [0.05, 0.1) is 14.2 Å². The van der Waals surface area contributed by atoms with Crippen LogP contribution in [0.3, 0.4) is 0 Å². The van der Waals surface area contributed by atoms with Crippen molar-refractivity contribution in [3.05, 3.63) is 58.7 Å². The molecule has 0 spiro atoms. The first-order chi connectivity index (χ1) is 18.4. The summed E-state index contributed by atoms with van der Waals surface area (Å²) in [6.45, 7) is 7.28. The number of unbranched alkanes of at least 4 members (excludes halogenated alkanes) is 2. The third kappa shape index (κ3) is 9.03. The van der Waals surface area contributed by atoms with Crippen LogP contribution >= 0.6 is 0 Å². The summed E-state index contributed by atoms with van der Waals surface area (Å²) >= 11 is 0. The van der Waals surface area contributed by atoms with Crippen LogP contribution in [0.25, 0.3) is 17.7 Å². The summed E-state index contributed by atoms with van der Waals surface area (Å²) in [5.41, 5.74) is 6.25. The third-order valence-corrected chi connectivity index (χ3v) is 6.94. The highest BCUT2D eigenvalue weighted by Crippen LogP contribution is 2.38. The van der Waals surface area contributed by atoms with E-state index in [1.54, 1.807) is 14.2 Å². The lowest BCUT2D eigenvalue weighted by atomic mass is 9.87. The van der Waals surface area contributed by atoms with Crippen molar-refractivity contribution in [2.45, 2.75) is 39.5 Å². The van der Waals surface area contributed by atoms with Crippen LogP contribution in [0.15, 0.2) is 42.0 Å². The van der Waals surface area contributed by atoms with Crippen molar-refractivity contribution in [3.63, 3.8) is 0 Å². The number of nitrogens with one attached hydrogen (secondary N) is 2. The number of allylic oxidation sites excluding steroid dienone is 1. The number of fused-ring (bicyclic) bond motifs is 2. The van der Waals surface area contributed by atoms with E-state index in [1.165, 1.54) is 24.8 Å². The highest BCUT2D eigenvalue weighted by atomic mass is 16.5. The average molecular weight is 522 g/mol. The number of anilines is 1. The molecule has 1 heterocycles. The molecule has 2 aromatic carbocycles. The van der Waals surface area contributed by atoms with E-state index in [2.05, 4.69) is 47.6 Å². The molecule has 0 fully saturated rings. The van der Waals surface area contributed by atoms with Gasteiger partial charge in [0.25, 0.3) is 0 Å². The number of carbonyl (C=O) groups excluding carboxylic acids is 1. The number of carbonyl (C=O) groups is 1. The van der Waals surface area contributed by atoms with Crippen LogP contribution in [-0.2, 0) is 4.79 Å². The van der Waals surface area contributed by atoms with Gasteiger partial charge in [-0.25, -0.2) is 0 Å². The molecule has 1 unspecified atom stereocenters. The fourth-order valence-corrected chi connectivity index (χ4v) is 4.46. The fraction of sp³-hybridized carbons (Fsp3) is 0.469. The van der Waals surface area contributed by atoms with Gasteiger partial charge in [0.1, 0.15) is 17.8 Å². The normalized spacial score (nSPS) is 16.3. The molecule has 0 saturated carbocycles. The maximum Gasteiger partial charge on any atom is 0.147 e. The van der Waals surface area contributed by atoms with E-state index in [0.29, 0.717) is 18.0 Å². The largest absolute Gasteiger partial charge is 0.497 e. The Bertz CT molecular complexity index is 1070. The van der Waals surface area contributed by atoms with Crippen LogP contribution in [-0.4, -0.2) is 61.3 Å². The molecule has 3 rings (SSSR count). The summed E-state index contributed by atoms with van der Waals surface area (Å²) in [6, 6.07) is 12.2. The van der Waals surface area contributed by atoms with Crippen LogP contribution in [0.1, 0.15) is 56.2 Å². The maximum absolute atomic E-state index is 11.8. The van der Waals surface area contributed by atoms with Crippen molar-refractivity contribution in [1.82, 2.24) is 10.6 Å². The molecule has 208 valence electrons. The number of rotatable bonds is 11. The Morgan fingerprint density at radius 1 is 0.921 bits per heavy atom. The van der Waals surface area contributed by atoms with E-state index in [-0.39, 0.29) is 0 Å². The molecule has 1 aliphatic rings. The maximum atomic E-state index is 11.8. The van der Waals surface area contributed by atoms with Crippen LogP contribution in [0.5, 0.6) is 11.5 Å². The zero-order valence-corrected chi connectivity index (χ0v) is 24.4. The van der Waals surface area contributed by atoms with E-state index < -0.39 is 0 Å². The number of hydrogen-bond donors (Lipinski definition) is 2. The first-order valence-corrected chi connectivity index (χ1v) is 13.7. The Hall–Kier alpha value is -3.09. The molecular weight excluding hydrogens is 474 g/mol. The standard InChI is InChI=1S/C25H29NO3.C7H18N2/c1-6-17(2)24-13-19-7-8-21(28-4)12-20(19)11-18(16-27)15-26(3)25-14-22(29-5)9-10-23(24)25;1-8-6-4-3-5-7-9-2/h7-14,16-17H,6,15H2,1-5H3;8-9H,3-7H2,1-2H3/b18-11+,24-13+;. The van der Waals surface area contributed by atoms with Gasteiger partial charge in [0, 0.05) is 36.5 Å². The fourth-order valence-electron chi connectivity index (χ4n) is 4.46. The van der Waals surface area contributed by atoms with Crippen molar-refractivity contribution in [1.29, 1.82) is 0 Å². The van der Waals surface area contributed by atoms with Crippen molar-refractivity contribution in [2.24, 2.45) is 5.92 Å². The van der Waals surface area contributed by atoms with Crippen LogP contribution in [0.4, 0.5) is 5.69 Å². The second-order valence-electron chi connectivity index (χ2n) is 9.75. The number of methoxy groups -OCH3 is 2.